The van der Waals surface area contributed by atoms with Gasteiger partial charge in [0, 0.05) is 19.3 Å². The lowest BCUT2D eigenvalue weighted by Crippen LogP contribution is -2.45. The van der Waals surface area contributed by atoms with Gasteiger partial charge in [-0.1, -0.05) is 19.9 Å². The molecule has 0 spiro atoms. The van der Waals surface area contributed by atoms with Crippen LogP contribution in [0.1, 0.15) is 13.8 Å². The maximum absolute atomic E-state index is 11.7. The fourth-order valence-corrected chi connectivity index (χ4v) is 2.42. The summed E-state index contributed by atoms with van der Waals surface area (Å²) in [5, 5.41) is 2.33. The highest BCUT2D eigenvalue weighted by Gasteiger charge is 2.21. The molecule has 0 bridgehead atoms. The standard InChI is InChI=1S/C10H16N4O3S/c1-3-14(4-2)18(16,17)13-10(15)12-9-7-5-6-8-11-9/h5-8H,3-4H2,1-2H3,(H2,11,12,13,15). The van der Waals surface area contributed by atoms with Gasteiger partial charge in [-0.05, 0) is 12.1 Å². The lowest BCUT2D eigenvalue weighted by molar-refractivity contribution is 0.255. The summed E-state index contributed by atoms with van der Waals surface area (Å²) in [6.45, 7) is 3.98. The quantitative estimate of drug-likeness (QED) is 0.829. The van der Waals surface area contributed by atoms with Crippen molar-refractivity contribution in [3.63, 3.8) is 0 Å². The van der Waals surface area contributed by atoms with E-state index in [1.165, 1.54) is 6.20 Å². The summed E-state index contributed by atoms with van der Waals surface area (Å²) >= 11 is 0. The van der Waals surface area contributed by atoms with E-state index in [2.05, 4.69) is 10.3 Å². The van der Waals surface area contributed by atoms with Crippen molar-refractivity contribution in [1.29, 1.82) is 0 Å². The summed E-state index contributed by atoms with van der Waals surface area (Å²) in [6.07, 6.45) is 1.49. The van der Waals surface area contributed by atoms with E-state index in [9.17, 15) is 13.2 Å². The number of pyridine rings is 1. The highest BCUT2D eigenvalue weighted by Crippen LogP contribution is 2.01. The maximum Gasteiger partial charge on any atom is 0.335 e. The highest BCUT2D eigenvalue weighted by atomic mass is 32.2. The summed E-state index contributed by atoms with van der Waals surface area (Å²) in [5.41, 5.74) is 0. The van der Waals surface area contributed by atoms with Crippen molar-refractivity contribution in [3.05, 3.63) is 24.4 Å². The normalized spacial score (nSPS) is 11.3. The summed E-state index contributed by atoms with van der Waals surface area (Å²) < 4.78 is 26.5. The second kappa shape index (κ2) is 6.31. The number of amides is 2. The maximum atomic E-state index is 11.7. The average Bonchev–Trinajstić information content (AvgIpc) is 2.30. The Morgan fingerprint density at radius 3 is 2.50 bits per heavy atom. The van der Waals surface area contributed by atoms with Gasteiger partial charge in [-0.2, -0.15) is 12.7 Å². The molecule has 0 fully saturated rings. The van der Waals surface area contributed by atoms with Crippen molar-refractivity contribution in [3.8, 4) is 0 Å². The van der Waals surface area contributed by atoms with Gasteiger partial charge < -0.3 is 0 Å². The van der Waals surface area contributed by atoms with Crippen LogP contribution in [0.4, 0.5) is 10.6 Å². The van der Waals surface area contributed by atoms with Crippen molar-refractivity contribution < 1.29 is 13.2 Å². The van der Waals surface area contributed by atoms with Crippen molar-refractivity contribution in [2.24, 2.45) is 0 Å². The molecule has 0 unspecified atom stereocenters. The van der Waals surface area contributed by atoms with Crippen LogP contribution in [0.2, 0.25) is 0 Å². The first-order chi connectivity index (χ1) is 8.49. The summed E-state index contributed by atoms with van der Waals surface area (Å²) in [4.78, 5) is 15.3. The van der Waals surface area contributed by atoms with E-state index in [0.29, 0.717) is 13.1 Å². The minimum Gasteiger partial charge on any atom is -0.291 e. The Kier molecular flexibility index (Phi) is 5.05. The SMILES string of the molecule is CCN(CC)S(=O)(=O)NC(=O)Nc1ccccn1. The third-order valence-electron chi connectivity index (χ3n) is 2.17. The molecule has 100 valence electrons. The summed E-state index contributed by atoms with van der Waals surface area (Å²) in [6, 6.07) is 4.10. The van der Waals surface area contributed by atoms with E-state index < -0.39 is 16.2 Å². The third-order valence-corrected chi connectivity index (χ3v) is 3.81. The molecule has 0 aromatic carbocycles. The van der Waals surface area contributed by atoms with Crippen molar-refractivity contribution >= 4 is 22.1 Å². The predicted molar refractivity (Wildman–Crippen MR) is 68.2 cm³/mol. The first kappa shape index (κ1) is 14.4. The predicted octanol–water partition coefficient (Wildman–Crippen LogP) is 0.790. The number of hydrogen-bond donors (Lipinski definition) is 2. The Morgan fingerprint density at radius 1 is 1.33 bits per heavy atom. The minimum absolute atomic E-state index is 0.282. The van der Waals surface area contributed by atoms with Crippen molar-refractivity contribution in [2.75, 3.05) is 18.4 Å². The van der Waals surface area contributed by atoms with Crippen LogP contribution in [0.5, 0.6) is 0 Å². The van der Waals surface area contributed by atoms with Crippen LogP contribution < -0.4 is 10.0 Å². The largest absolute Gasteiger partial charge is 0.335 e. The Balaban J connectivity index is 2.65. The van der Waals surface area contributed by atoms with Gasteiger partial charge in [0.25, 0.3) is 0 Å². The monoisotopic (exact) mass is 272 g/mol. The van der Waals surface area contributed by atoms with Gasteiger partial charge in [-0.15, -0.1) is 0 Å². The van der Waals surface area contributed by atoms with Crippen LogP contribution in [-0.4, -0.2) is 36.8 Å². The summed E-state index contributed by atoms with van der Waals surface area (Å²) in [7, 11) is -3.80. The van der Waals surface area contributed by atoms with Crippen LogP contribution in [0, 0.1) is 0 Å². The molecule has 0 saturated carbocycles. The number of nitrogens with zero attached hydrogens (tertiary/aromatic N) is 2. The number of urea groups is 1. The van der Waals surface area contributed by atoms with Gasteiger partial charge in [-0.25, -0.2) is 14.5 Å². The molecule has 2 N–H and O–H groups in total. The zero-order valence-electron chi connectivity index (χ0n) is 10.3. The number of carbonyl (C=O) groups excluding carboxylic acids is 1. The van der Waals surface area contributed by atoms with E-state index in [4.69, 9.17) is 0 Å². The molecule has 0 aliphatic rings. The van der Waals surface area contributed by atoms with Gasteiger partial charge in [0.15, 0.2) is 0 Å². The Bertz CT molecular complexity index is 485. The lowest BCUT2D eigenvalue weighted by Gasteiger charge is -2.18. The van der Waals surface area contributed by atoms with Gasteiger partial charge >= 0.3 is 16.2 Å². The second-order valence-electron chi connectivity index (χ2n) is 3.36. The van der Waals surface area contributed by atoms with E-state index >= 15 is 0 Å². The molecule has 18 heavy (non-hydrogen) atoms. The fourth-order valence-electron chi connectivity index (χ4n) is 1.32. The molecule has 0 aliphatic heterocycles. The van der Waals surface area contributed by atoms with E-state index in [1.54, 1.807) is 32.0 Å². The van der Waals surface area contributed by atoms with Crippen molar-refractivity contribution in [1.82, 2.24) is 14.0 Å². The number of nitrogens with one attached hydrogen (secondary N) is 2. The van der Waals surface area contributed by atoms with Gasteiger partial charge in [-0.3, -0.25) is 5.32 Å². The Labute approximate surface area is 106 Å². The third kappa shape index (κ3) is 3.97. The van der Waals surface area contributed by atoms with Gasteiger partial charge in [0.2, 0.25) is 0 Å². The van der Waals surface area contributed by atoms with Crippen LogP contribution in [-0.2, 0) is 10.2 Å². The average molecular weight is 272 g/mol. The number of rotatable bonds is 5. The summed E-state index contributed by atoms with van der Waals surface area (Å²) in [5.74, 6) is 0.282. The molecule has 0 aliphatic carbocycles. The Morgan fingerprint density at radius 2 is 2.00 bits per heavy atom. The molecular formula is C10H16N4O3S. The lowest BCUT2D eigenvalue weighted by atomic mass is 10.5. The fraction of sp³-hybridized carbons (Fsp3) is 0.400. The first-order valence-electron chi connectivity index (χ1n) is 5.49. The zero-order valence-corrected chi connectivity index (χ0v) is 11.1. The molecule has 1 rings (SSSR count). The van der Waals surface area contributed by atoms with E-state index in [0.717, 1.165) is 4.31 Å². The van der Waals surface area contributed by atoms with Gasteiger partial charge in [0.05, 0.1) is 0 Å². The number of anilines is 1. The first-order valence-corrected chi connectivity index (χ1v) is 6.93. The molecule has 1 aromatic rings. The number of hydrogen-bond acceptors (Lipinski definition) is 4. The van der Waals surface area contributed by atoms with E-state index in [1.807, 2.05) is 4.72 Å². The van der Waals surface area contributed by atoms with Crippen LogP contribution in [0.3, 0.4) is 0 Å². The van der Waals surface area contributed by atoms with Crippen LogP contribution in [0.25, 0.3) is 0 Å². The molecule has 2 amide bonds. The highest BCUT2D eigenvalue weighted by molar-refractivity contribution is 7.87. The zero-order chi connectivity index (χ0) is 13.6. The molecule has 7 nitrogen and oxygen atoms in total. The number of carbonyl (C=O) groups is 1. The molecule has 1 aromatic heterocycles. The molecule has 8 heteroatoms. The Hall–Kier alpha value is -1.67. The van der Waals surface area contributed by atoms with Gasteiger partial charge in [0.1, 0.15) is 5.82 Å². The molecule has 0 saturated heterocycles. The topological polar surface area (TPSA) is 91.4 Å². The smallest absolute Gasteiger partial charge is 0.291 e. The molecule has 1 heterocycles. The van der Waals surface area contributed by atoms with Crippen LogP contribution in [0.15, 0.2) is 24.4 Å². The van der Waals surface area contributed by atoms with Crippen LogP contribution >= 0.6 is 0 Å². The minimum atomic E-state index is -3.80. The van der Waals surface area contributed by atoms with Crippen molar-refractivity contribution in [2.45, 2.75) is 13.8 Å². The molecule has 0 radical (unpaired) electrons. The van der Waals surface area contributed by atoms with E-state index in [-0.39, 0.29) is 5.82 Å². The molecular weight excluding hydrogens is 256 g/mol. The number of aromatic nitrogens is 1. The second-order valence-corrected chi connectivity index (χ2v) is 5.03. The molecule has 0 atom stereocenters.